The van der Waals surface area contributed by atoms with Gasteiger partial charge in [0, 0.05) is 11.4 Å². The van der Waals surface area contributed by atoms with Gasteiger partial charge in [-0.2, -0.15) is 13.2 Å². The Hall–Kier alpha value is -3.36. The minimum atomic E-state index is -4.63. The van der Waals surface area contributed by atoms with E-state index in [1.165, 1.54) is 12.3 Å². The summed E-state index contributed by atoms with van der Waals surface area (Å²) in [6.45, 7) is 0. The van der Waals surface area contributed by atoms with Gasteiger partial charge in [0.25, 0.3) is 0 Å². The van der Waals surface area contributed by atoms with Crippen molar-refractivity contribution in [1.29, 1.82) is 0 Å². The third-order valence-corrected chi connectivity index (χ3v) is 3.87. The van der Waals surface area contributed by atoms with E-state index in [0.717, 1.165) is 6.07 Å². The van der Waals surface area contributed by atoms with Crippen LogP contribution < -0.4 is 10.6 Å². The van der Waals surface area contributed by atoms with Crippen molar-refractivity contribution in [3.63, 3.8) is 0 Å². The van der Waals surface area contributed by atoms with Crippen LogP contribution >= 0.6 is 0 Å². The number of hydrogen-bond acceptors (Lipinski definition) is 5. The molecule has 0 radical (unpaired) electrons. The molecule has 3 heterocycles. The van der Waals surface area contributed by atoms with Gasteiger partial charge in [-0.3, -0.25) is 4.79 Å². The highest BCUT2D eigenvalue weighted by molar-refractivity contribution is 5.99. The molecule has 0 saturated carbocycles. The van der Waals surface area contributed by atoms with Crippen LogP contribution in [-0.2, 0) is 17.4 Å². The van der Waals surface area contributed by atoms with Gasteiger partial charge in [-0.15, -0.1) is 10.2 Å². The normalized spacial score (nSPS) is 13.4. The van der Waals surface area contributed by atoms with E-state index in [1.54, 1.807) is 24.3 Å². The topological polar surface area (TPSA) is 80.1 Å². The van der Waals surface area contributed by atoms with E-state index in [9.17, 15) is 18.0 Å². The van der Waals surface area contributed by atoms with Crippen LogP contribution in [0.2, 0.25) is 0 Å². The summed E-state index contributed by atoms with van der Waals surface area (Å²) in [7, 11) is 0. The molecule has 0 saturated heterocycles. The molecule has 0 spiro atoms. The number of rotatable bonds is 3. The molecule has 0 unspecified atom stereocenters. The highest BCUT2D eigenvalue weighted by Gasteiger charge is 2.36. The van der Waals surface area contributed by atoms with Crippen LogP contribution in [0.4, 0.5) is 30.4 Å². The molecule has 0 atom stereocenters. The molecule has 2 aromatic heterocycles. The summed E-state index contributed by atoms with van der Waals surface area (Å²) < 4.78 is 45.4. The molecular formula is C17H11F3N4O2. The molecule has 132 valence electrons. The molecule has 0 fully saturated rings. The first-order valence-electron chi connectivity index (χ1n) is 7.59. The predicted octanol–water partition coefficient (Wildman–Crippen LogP) is 3.99. The average Bonchev–Trinajstić information content (AvgIpc) is 3.22. The number of benzene rings is 1. The number of nitrogens with zero attached hydrogens (tertiary/aromatic N) is 2. The van der Waals surface area contributed by atoms with Gasteiger partial charge in [-0.05, 0) is 42.0 Å². The number of amides is 1. The Labute approximate surface area is 145 Å². The Morgan fingerprint density at radius 3 is 2.73 bits per heavy atom. The zero-order valence-corrected chi connectivity index (χ0v) is 13.1. The minimum Gasteiger partial charge on any atom is -0.463 e. The number of carbonyl (C=O) groups is 1. The van der Waals surface area contributed by atoms with E-state index < -0.39 is 17.6 Å². The average molecular weight is 360 g/mol. The number of carbonyl (C=O) groups excluding carboxylic acids is 1. The number of alkyl halides is 3. The second-order valence-corrected chi connectivity index (χ2v) is 5.69. The van der Waals surface area contributed by atoms with E-state index in [0.29, 0.717) is 16.9 Å². The quantitative estimate of drug-likeness (QED) is 0.738. The Morgan fingerprint density at radius 1 is 1.15 bits per heavy atom. The van der Waals surface area contributed by atoms with Gasteiger partial charge in [-0.25, -0.2) is 0 Å². The Balaban J connectivity index is 1.70. The fraction of sp³-hybridized carbons (Fsp3) is 0.118. The maximum atomic E-state index is 13.5. The van der Waals surface area contributed by atoms with Gasteiger partial charge in [0.1, 0.15) is 11.3 Å². The maximum absolute atomic E-state index is 13.5. The molecular weight excluding hydrogens is 349 g/mol. The largest absolute Gasteiger partial charge is 0.463 e. The minimum absolute atomic E-state index is 0.0170. The van der Waals surface area contributed by atoms with Crippen molar-refractivity contribution in [1.82, 2.24) is 10.2 Å². The first-order valence-corrected chi connectivity index (χ1v) is 7.59. The first-order chi connectivity index (χ1) is 12.4. The number of hydrogen-bond donors (Lipinski definition) is 2. The van der Waals surface area contributed by atoms with E-state index in [1.807, 2.05) is 0 Å². The van der Waals surface area contributed by atoms with Crippen LogP contribution in [0.3, 0.4) is 0 Å². The van der Waals surface area contributed by atoms with Crippen LogP contribution in [-0.4, -0.2) is 16.1 Å². The van der Waals surface area contributed by atoms with Gasteiger partial charge in [0.15, 0.2) is 11.6 Å². The van der Waals surface area contributed by atoms with Gasteiger partial charge < -0.3 is 15.1 Å². The fourth-order valence-electron chi connectivity index (χ4n) is 2.69. The third-order valence-electron chi connectivity index (χ3n) is 3.87. The molecule has 3 aromatic rings. The number of fused-ring (bicyclic) bond motifs is 1. The van der Waals surface area contributed by atoms with Crippen LogP contribution in [0.5, 0.6) is 0 Å². The van der Waals surface area contributed by atoms with Crippen molar-refractivity contribution >= 4 is 23.1 Å². The lowest BCUT2D eigenvalue weighted by atomic mass is 10.1. The lowest BCUT2D eigenvalue weighted by molar-refractivity contribution is -0.137. The molecule has 6 nitrogen and oxygen atoms in total. The summed E-state index contributed by atoms with van der Waals surface area (Å²) in [6.07, 6.45) is -3.11. The van der Waals surface area contributed by atoms with Crippen molar-refractivity contribution < 1.29 is 22.4 Å². The molecule has 26 heavy (non-hydrogen) atoms. The third kappa shape index (κ3) is 2.99. The number of halogens is 3. The molecule has 2 N–H and O–H groups in total. The Morgan fingerprint density at radius 2 is 2.00 bits per heavy atom. The molecule has 1 aromatic carbocycles. The van der Waals surface area contributed by atoms with Crippen LogP contribution in [0.1, 0.15) is 11.1 Å². The number of furan rings is 1. The smallest absolute Gasteiger partial charge is 0.420 e. The highest BCUT2D eigenvalue weighted by atomic mass is 19.4. The molecule has 1 aliphatic heterocycles. The monoisotopic (exact) mass is 360 g/mol. The number of anilines is 3. The standard InChI is InChI=1S/C17H11F3N4O2/c18-17(19,20)11-8-13(14-2-1-5-26-14)23-24-16(11)21-10-3-4-12-9(6-10)7-15(25)22-12/h1-6,8H,7H2,(H,21,24)(H,22,25). The molecule has 0 aliphatic carbocycles. The van der Waals surface area contributed by atoms with Gasteiger partial charge in [0.05, 0.1) is 12.7 Å². The molecule has 4 rings (SSSR count). The second-order valence-electron chi connectivity index (χ2n) is 5.69. The summed E-state index contributed by atoms with van der Waals surface area (Å²) in [5.41, 5.74) is 0.751. The number of aromatic nitrogens is 2. The molecule has 9 heteroatoms. The summed E-state index contributed by atoms with van der Waals surface area (Å²) >= 11 is 0. The second kappa shape index (κ2) is 5.87. The predicted molar refractivity (Wildman–Crippen MR) is 86.8 cm³/mol. The lowest BCUT2D eigenvalue weighted by Crippen LogP contribution is -2.12. The maximum Gasteiger partial charge on any atom is 0.420 e. The van der Waals surface area contributed by atoms with Crippen molar-refractivity contribution in [2.24, 2.45) is 0 Å². The molecule has 0 bridgehead atoms. The van der Waals surface area contributed by atoms with E-state index in [-0.39, 0.29) is 23.8 Å². The van der Waals surface area contributed by atoms with Crippen LogP contribution in [0.15, 0.2) is 47.1 Å². The Bertz CT molecular complexity index is 984. The summed E-state index contributed by atoms with van der Waals surface area (Å²) in [5, 5.41) is 12.8. The fourth-order valence-corrected chi connectivity index (χ4v) is 2.69. The van der Waals surface area contributed by atoms with E-state index in [2.05, 4.69) is 20.8 Å². The molecule has 1 amide bonds. The summed E-state index contributed by atoms with van der Waals surface area (Å²) in [4.78, 5) is 11.4. The highest BCUT2D eigenvalue weighted by Crippen LogP contribution is 2.37. The first kappa shape index (κ1) is 16.1. The van der Waals surface area contributed by atoms with Crippen molar-refractivity contribution in [3.05, 3.63) is 53.8 Å². The van der Waals surface area contributed by atoms with Gasteiger partial charge in [0.2, 0.25) is 5.91 Å². The van der Waals surface area contributed by atoms with Crippen molar-refractivity contribution in [2.45, 2.75) is 12.6 Å². The Kier molecular flexibility index (Phi) is 3.64. The van der Waals surface area contributed by atoms with Crippen LogP contribution in [0.25, 0.3) is 11.5 Å². The van der Waals surface area contributed by atoms with Crippen LogP contribution in [0, 0.1) is 0 Å². The SMILES string of the molecule is O=C1Cc2cc(Nc3nnc(-c4ccco4)cc3C(F)(F)F)ccc2N1. The number of nitrogens with one attached hydrogen (secondary N) is 2. The molecule has 1 aliphatic rings. The van der Waals surface area contributed by atoms with Crippen molar-refractivity contribution in [3.8, 4) is 11.5 Å². The summed E-state index contributed by atoms with van der Waals surface area (Å²) in [6, 6.07) is 8.73. The lowest BCUT2D eigenvalue weighted by Gasteiger charge is -2.14. The van der Waals surface area contributed by atoms with Gasteiger partial charge in [-0.1, -0.05) is 0 Å². The zero-order chi connectivity index (χ0) is 18.3. The van der Waals surface area contributed by atoms with Gasteiger partial charge >= 0.3 is 6.18 Å². The van der Waals surface area contributed by atoms with E-state index >= 15 is 0 Å². The van der Waals surface area contributed by atoms with E-state index in [4.69, 9.17) is 4.42 Å². The zero-order valence-electron chi connectivity index (χ0n) is 13.1. The van der Waals surface area contributed by atoms with Crippen molar-refractivity contribution in [2.75, 3.05) is 10.6 Å². The summed E-state index contributed by atoms with van der Waals surface area (Å²) in [5.74, 6) is -0.391.